The van der Waals surface area contributed by atoms with E-state index in [1.54, 1.807) is 0 Å². The fraction of sp³-hybridized carbons (Fsp3) is 0.433. The predicted octanol–water partition coefficient (Wildman–Crippen LogP) is 4.22. The molecule has 0 saturated carbocycles. The summed E-state index contributed by atoms with van der Waals surface area (Å²) in [6.07, 6.45) is 6.01. The molecule has 0 spiro atoms. The van der Waals surface area contributed by atoms with Crippen molar-refractivity contribution in [3.05, 3.63) is 71.4 Å². The van der Waals surface area contributed by atoms with E-state index in [0.29, 0.717) is 5.56 Å². The highest BCUT2D eigenvalue weighted by Gasteiger charge is 2.27. The minimum absolute atomic E-state index is 0.0424. The number of pyridine rings is 1. The smallest absolute Gasteiger partial charge is 0.312 e. The van der Waals surface area contributed by atoms with Gasteiger partial charge in [-0.1, -0.05) is 48.5 Å². The van der Waals surface area contributed by atoms with Crippen molar-refractivity contribution >= 4 is 28.5 Å². The number of anilines is 1. The minimum Gasteiger partial charge on any atom is -0.481 e. The largest absolute Gasteiger partial charge is 0.481 e. The quantitative estimate of drug-likeness (QED) is 0.407. The van der Waals surface area contributed by atoms with E-state index in [-0.39, 0.29) is 18.4 Å². The van der Waals surface area contributed by atoms with E-state index >= 15 is 0 Å². The van der Waals surface area contributed by atoms with Crippen LogP contribution in [0.25, 0.3) is 10.8 Å². The Bertz CT molecular complexity index is 1260. The summed E-state index contributed by atoms with van der Waals surface area (Å²) in [5.74, 6) is -0.800. The number of benzene rings is 2. The van der Waals surface area contributed by atoms with Crippen molar-refractivity contribution in [1.29, 1.82) is 0 Å². The molecule has 37 heavy (non-hydrogen) atoms. The SMILES string of the molecule is O=C(NC[C@@H](C(=O)O)c1ccc2ccccc2c1)[C@@H]1CCCN(CCCc2ccc3c(n2)NCCC3)C1. The average molecular weight is 501 g/mol. The highest BCUT2D eigenvalue weighted by atomic mass is 16.4. The zero-order valence-corrected chi connectivity index (χ0v) is 21.3. The Hall–Kier alpha value is -3.45. The van der Waals surface area contributed by atoms with Crippen molar-refractivity contribution in [2.75, 3.05) is 38.0 Å². The molecule has 2 aromatic carbocycles. The third kappa shape index (κ3) is 6.28. The van der Waals surface area contributed by atoms with Crippen molar-refractivity contribution in [3.8, 4) is 0 Å². The zero-order chi connectivity index (χ0) is 25.6. The van der Waals surface area contributed by atoms with Crippen LogP contribution in [0.15, 0.2) is 54.6 Å². The molecule has 1 amide bonds. The van der Waals surface area contributed by atoms with Gasteiger partial charge in [0.2, 0.25) is 5.91 Å². The van der Waals surface area contributed by atoms with Gasteiger partial charge < -0.3 is 20.6 Å². The molecule has 0 aliphatic carbocycles. The molecule has 7 nitrogen and oxygen atoms in total. The lowest BCUT2D eigenvalue weighted by Gasteiger charge is -2.32. The van der Waals surface area contributed by atoms with Crippen LogP contribution in [0.4, 0.5) is 5.82 Å². The summed E-state index contributed by atoms with van der Waals surface area (Å²) < 4.78 is 0. The topological polar surface area (TPSA) is 94.6 Å². The first-order chi connectivity index (χ1) is 18.1. The van der Waals surface area contributed by atoms with Crippen LogP contribution < -0.4 is 10.6 Å². The second kappa shape index (κ2) is 11.7. The van der Waals surface area contributed by atoms with Gasteiger partial charge in [0.1, 0.15) is 5.82 Å². The van der Waals surface area contributed by atoms with Crippen LogP contribution in [0.1, 0.15) is 48.4 Å². The molecule has 5 rings (SSSR count). The molecule has 7 heteroatoms. The van der Waals surface area contributed by atoms with E-state index < -0.39 is 11.9 Å². The molecule has 194 valence electrons. The number of piperidine rings is 1. The van der Waals surface area contributed by atoms with Crippen LogP contribution in [0.5, 0.6) is 0 Å². The predicted molar refractivity (Wildman–Crippen MR) is 146 cm³/mol. The number of rotatable bonds is 9. The molecular weight excluding hydrogens is 464 g/mol. The fourth-order valence-electron chi connectivity index (χ4n) is 5.58. The standard InChI is InChI=1S/C30H36N4O3/c35-29(32-19-27(30(36)37)24-12-11-21-6-1-2-7-23(21)18-24)25-9-4-16-34(20-25)17-5-10-26-14-13-22-8-3-15-31-28(22)33-26/h1-2,6-7,11-14,18,25,27H,3-5,8-10,15-17,19-20H2,(H,31,33)(H,32,35)(H,36,37)/t25-,27-/m1/s1. The maximum Gasteiger partial charge on any atom is 0.312 e. The first kappa shape index (κ1) is 25.2. The van der Waals surface area contributed by atoms with Crippen LogP contribution in [-0.2, 0) is 22.4 Å². The molecular formula is C30H36N4O3. The molecule has 1 saturated heterocycles. The van der Waals surface area contributed by atoms with E-state index in [1.165, 1.54) is 5.56 Å². The number of carbonyl (C=O) groups excluding carboxylic acids is 1. The number of aromatic nitrogens is 1. The first-order valence-corrected chi connectivity index (χ1v) is 13.5. The number of fused-ring (bicyclic) bond motifs is 2. The number of hydrogen-bond donors (Lipinski definition) is 3. The molecule has 1 aromatic heterocycles. The summed E-state index contributed by atoms with van der Waals surface area (Å²) in [4.78, 5) is 32.2. The van der Waals surface area contributed by atoms with Gasteiger partial charge in [-0.3, -0.25) is 9.59 Å². The Balaban J connectivity index is 1.11. The van der Waals surface area contributed by atoms with E-state index in [2.05, 4.69) is 27.7 Å². The normalized spacial score (nSPS) is 18.5. The van der Waals surface area contributed by atoms with E-state index in [0.717, 1.165) is 87.0 Å². The monoisotopic (exact) mass is 500 g/mol. The zero-order valence-electron chi connectivity index (χ0n) is 21.3. The number of aryl methyl sites for hydroxylation is 2. The lowest BCUT2D eigenvalue weighted by molar-refractivity contribution is -0.138. The number of carbonyl (C=O) groups is 2. The van der Waals surface area contributed by atoms with Gasteiger partial charge in [0, 0.05) is 25.3 Å². The van der Waals surface area contributed by atoms with E-state index in [1.807, 2.05) is 42.5 Å². The maximum absolute atomic E-state index is 13.0. The molecule has 0 radical (unpaired) electrons. The van der Waals surface area contributed by atoms with Gasteiger partial charge in [-0.2, -0.15) is 0 Å². The van der Waals surface area contributed by atoms with Crippen molar-refractivity contribution in [2.45, 2.75) is 44.4 Å². The summed E-state index contributed by atoms with van der Waals surface area (Å²) in [5, 5.41) is 18.3. The van der Waals surface area contributed by atoms with E-state index in [9.17, 15) is 14.7 Å². The summed E-state index contributed by atoms with van der Waals surface area (Å²) in [6.45, 7) is 3.75. The molecule has 3 N–H and O–H groups in total. The minimum atomic E-state index is -0.924. The van der Waals surface area contributed by atoms with Gasteiger partial charge in [0.25, 0.3) is 0 Å². The molecule has 2 aliphatic heterocycles. The highest BCUT2D eigenvalue weighted by Crippen LogP contribution is 2.24. The van der Waals surface area contributed by atoms with Gasteiger partial charge in [0.15, 0.2) is 0 Å². The summed E-state index contributed by atoms with van der Waals surface area (Å²) in [6, 6.07) is 17.9. The molecule has 3 heterocycles. The Labute approximate surface area is 218 Å². The van der Waals surface area contributed by atoms with Gasteiger partial charge >= 0.3 is 5.97 Å². The number of amides is 1. The first-order valence-electron chi connectivity index (χ1n) is 13.5. The van der Waals surface area contributed by atoms with Crippen LogP contribution in [-0.4, -0.2) is 59.6 Å². The molecule has 2 aliphatic rings. The summed E-state index contributed by atoms with van der Waals surface area (Å²) >= 11 is 0. The second-order valence-electron chi connectivity index (χ2n) is 10.3. The molecule has 0 bridgehead atoms. The molecule has 0 unspecified atom stereocenters. The number of nitrogens with zero attached hydrogens (tertiary/aromatic N) is 2. The van der Waals surface area contributed by atoms with E-state index in [4.69, 9.17) is 4.98 Å². The van der Waals surface area contributed by atoms with Crippen molar-refractivity contribution in [2.24, 2.45) is 5.92 Å². The Morgan fingerprint density at radius 1 is 1.11 bits per heavy atom. The fourth-order valence-corrected chi connectivity index (χ4v) is 5.58. The number of nitrogens with one attached hydrogen (secondary N) is 2. The number of carboxylic acids is 1. The molecule has 3 aromatic rings. The third-order valence-corrected chi connectivity index (χ3v) is 7.69. The van der Waals surface area contributed by atoms with Gasteiger partial charge in [-0.15, -0.1) is 0 Å². The maximum atomic E-state index is 13.0. The van der Waals surface area contributed by atoms with Crippen LogP contribution in [0.2, 0.25) is 0 Å². The molecule has 2 atom stereocenters. The van der Waals surface area contributed by atoms with Crippen LogP contribution in [0.3, 0.4) is 0 Å². The van der Waals surface area contributed by atoms with Crippen molar-refractivity contribution < 1.29 is 14.7 Å². The van der Waals surface area contributed by atoms with Gasteiger partial charge in [-0.05, 0) is 79.6 Å². The lowest BCUT2D eigenvalue weighted by atomic mass is 9.94. The van der Waals surface area contributed by atoms with Crippen LogP contribution in [0, 0.1) is 5.92 Å². The molecule has 1 fully saturated rings. The van der Waals surface area contributed by atoms with Gasteiger partial charge in [-0.25, -0.2) is 4.98 Å². The summed E-state index contributed by atoms with van der Waals surface area (Å²) in [7, 11) is 0. The summed E-state index contributed by atoms with van der Waals surface area (Å²) in [5.41, 5.74) is 3.14. The number of carboxylic acid groups (broad SMARTS) is 1. The lowest BCUT2D eigenvalue weighted by Crippen LogP contribution is -2.44. The van der Waals surface area contributed by atoms with Crippen LogP contribution >= 0.6 is 0 Å². The third-order valence-electron chi connectivity index (χ3n) is 7.69. The number of likely N-dealkylation sites (tertiary alicyclic amines) is 1. The Morgan fingerprint density at radius 2 is 1.97 bits per heavy atom. The Morgan fingerprint density at radius 3 is 2.84 bits per heavy atom. The Kier molecular flexibility index (Phi) is 7.99. The average Bonchev–Trinajstić information content (AvgIpc) is 2.93. The second-order valence-corrected chi connectivity index (χ2v) is 10.3. The van der Waals surface area contributed by atoms with Crippen molar-refractivity contribution in [1.82, 2.24) is 15.2 Å². The highest BCUT2D eigenvalue weighted by molar-refractivity contribution is 5.86. The van der Waals surface area contributed by atoms with Crippen molar-refractivity contribution in [3.63, 3.8) is 0 Å². The number of hydrogen-bond acceptors (Lipinski definition) is 5. The van der Waals surface area contributed by atoms with Gasteiger partial charge in [0.05, 0.1) is 11.8 Å². The number of aliphatic carboxylic acids is 1.